The number of ether oxygens (including phenoxy) is 3. The summed E-state index contributed by atoms with van der Waals surface area (Å²) in [6.45, 7) is 4.89. The molecule has 0 aliphatic carbocycles. The molecule has 29 heavy (non-hydrogen) atoms. The van der Waals surface area contributed by atoms with E-state index in [1.54, 1.807) is 24.8 Å². The summed E-state index contributed by atoms with van der Waals surface area (Å²) in [6, 6.07) is 9.60. The lowest BCUT2D eigenvalue weighted by molar-refractivity contribution is -0.150. The van der Waals surface area contributed by atoms with Gasteiger partial charge in [0.1, 0.15) is 17.7 Å². The summed E-state index contributed by atoms with van der Waals surface area (Å²) in [4.78, 5) is 12.3. The highest BCUT2D eigenvalue weighted by atomic mass is 16.7. The normalized spacial score (nSPS) is 11.3. The Morgan fingerprint density at radius 3 is 2.45 bits per heavy atom. The third-order valence-electron chi connectivity index (χ3n) is 4.23. The van der Waals surface area contributed by atoms with Crippen LogP contribution in [0.15, 0.2) is 65.9 Å². The third kappa shape index (κ3) is 4.26. The molecular formula is C22H21N3O4. The number of rotatable bonds is 8. The first-order chi connectivity index (χ1) is 14.3. The van der Waals surface area contributed by atoms with Gasteiger partial charge in [-0.3, -0.25) is 4.98 Å². The predicted molar refractivity (Wildman–Crippen MR) is 108 cm³/mol. The van der Waals surface area contributed by atoms with Gasteiger partial charge >= 0.3 is 0 Å². The zero-order valence-electron chi connectivity index (χ0n) is 16.2. The molecule has 148 valence electrons. The maximum absolute atomic E-state index is 6.13. The van der Waals surface area contributed by atoms with Crippen LogP contribution in [0.1, 0.15) is 25.9 Å². The van der Waals surface area contributed by atoms with Gasteiger partial charge in [-0.1, -0.05) is 12.1 Å². The van der Waals surface area contributed by atoms with Crippen molar-refractivity contribution in [2.24, 2.45) is 0 Å². The molecule has 7 heteroatoms. The first kappa shape index (κ1) is 19.0. The van der Waals surface area contributed by atoms with Crippen LogP contribution in [0.3, 0.4) is 0 Å². The molecule has 0 saturated heterocycles. The van der Waals surface area contributed by atoms with E-state index in [1.165, 1.54) is 6.33 Å². The van der Waals surface area contributed by atoms with Crippen molar-refractivity contribution in [3.63, 3.8) is 0 Å². The Hall–Kier alpha value is -3.29. The fourth-order valence-electron chi connectivity index (χ4n) is 3.02. The summed E-state index contributed by atoms with van der Waals surface area (Å²) in [7, 11) is 0. The Morgan fingerprint density at radius 1 is 0.897 bits per heavy atom. The van der Waals surface area contributed by atoms with E-state index in [1.807, 2.05) is 44.2 Å². The van der Waals surface area contributed by atoms with Crippen molar-refractivity contribution in [2.75, 3.05) is 13.2 Å². The summed E-state index contributed by atoms with van der Waals surface area (Å²) >= 11 is 0. The second kappa shape index (κ2) is 8.81. The average Bonchev–Trinajstić information content (AvgIpc) is 3.19. The second-order valence-corrected chi connectivity index (χ2v) is 6.20. The molecule has 3 heterocycles. The largest absolute Gasteiger partial charge is 0.455 e. The molecule has 0 fully saturated rings. The lowest BCUT2D eigenvalue weighted by Gasteiger charge is -2.13. The molecule has 3 aromatic heterocycles. The molecule has 4 aromatic rings. The molecule has 0 radical (unpaired) electrons. The van der Waals surface area contributed by atoms with E-state index in [2.05, 4.69) is 15.0 Å². The van der Waals surface area contributed by atoms with Crippen molar-refractivity contribution in [1.29, 1.82) is 0 Å². The fourth-order valence-corrected chi connectivity index (χ4v) is 3.02. The Balaban J connectivity index is 1.69. The van der Waals surface area contributed by atoms with Gasteiger partial charge in [-0.2, -0.15) is 0 Å². The highest BCUT2D eigenvalue weighted by molar-refractivity contribution is 5.92. The van der Waals surface area contributed by atoms with Crippen molar-refractivity contribution < 1.29 is 18.6 Å². The Labute approximate surface area is 168 Å². The quantitative estimate of drug-likeness (QED) is 0.384. The number of nitrogens with zero attached hydrogens (tertiary/aromatic N) is 3. The lowest BCUT2D eigenvalue weighted by Crippen LogP contribution is -2.07. The topological polar surface area (TPSA) is 79.5 Å². The van der Waals surface area contributed by atoms with E-state index >= 15 is 0 Å². The van der Waals surface area contributed by atoms with Crippen molar-refractivity contribution >= 4 is 11.0 Å². The van der Waals surface area contributed by atoms with Gasteiger partial charge in [0.25, 0.3) is 0 Å². The molecule has 0 N–H and O–H groups in total. The third-order valence-corrected chi connectivity index (χ3v) is 4.23. The highest BCUT2D eigenvalue weighted by Gasteiger charge is 2.19. The van der Waals surface area contributed by atoms with Crippen molar-refractivity contribution in [3.8, 4) is 22.6 Å². The van der Waals surface area contributed by atoms with Crippen LogP contribution in [-0.2, 0) is 9.47 Å². The van der Waals surface area contributed by atoms with E-state index < -0.39 is 6.29 Å². The summed E-state index contributed by atoms with van der Waals surface area (Å²) in [6.07, 6.45) is 7.68. The van der Waals surface area contributed by atoms with Crippen LogP contribution in [0.4, 0.5) is 0 Å². The van der Waals surface area contributed by atoms with Gasteiger partial charge in [-0.25, -0.2) is 9.97 Å². The maximum atomic E-state index is 6.13. The molecule has 0 amide bonds. The SMILES string of the molecule is CCOC(OCC)c1cc2cncc(-c3cccc(Oc4cncnc4)c3)c2o1. The molecule has 0 aliphatic heterocycles. The number of benzene rings is 1. The van der Waals surface area contributed by atoms with Crippen molar-refractivity contribution in [3.05, 3.63) is 67.2 Å². The fraction of sp³-hybridized carbons (Fsp3) is 0.227. The highest BCUT2D eigenvalue weighted by Crippen LogP contribution is 2.35. The molecule has 1 aromatic carbocycles. The minimum absolute atomic E-state index is 0.523. The van der Waals surface area contributed by atoms with E-state index in [4.69, 9.17) is 18.6 Å². The van der Waals surface area contributed by atoms with Crippen molar-refractivity contribution in [1.82, 2.24) is 15.0 Å². The molecule has 0 spiro atoms. The number of fused-ring (bicyclic) bond motifs is 1. The maximum Gasteiger partial charge on any atom is 0.217 e. The zero-order chi connectivity index (χ0) is 20.1. The monoisotopic (exact) mass is 391 g/mol. The molecule has 0 atom stereocenters. The Morgan fingerprint density at radius 2 is 1.69 bits per heavy atom. The molecule has 0 aliphatic rings. The van der Waals surface area contributed by atoms with E-state index in [0.717, 1.165) is 22.1 Å². The minimum atomic E-state index is -0.544. The molecular weight excluding hydrogens is 370 g/mol. The average molecular weight is 391 g/mol. The van der Waals surface area contributed by atoms with Crippen LogP contribution < -0.4 is 4.74 Å². The molecule has 4 rings (SSSR count). The minimum Gasteiger partial charge on any atom is -0.455 e. The van der Waals surface area contributed by atoms with E-state index in [9.17, 15) is 0 Å². The summed E-state index contributed by atoms with van der Waals surface area (Å²) in [5, 5.41) is 0.879. The van der Waals surface area contributed by atoms with Crippen molar-refractivity contribution in [2.45, 2.75) is 20.1 Å². The van der Waals surface area contributed by atoms with Crippen LogP contribution in [0.25, 0.3) is 22.1 Å². The first-order valence-corrected chi connectivity index (χ1v) is 9.42. The summed E-state index contributed by atoms with van der Waals surface area (Å²) in [5.41, 5.74) is 2.50. The van der Waals surface area contributed by atoms with Gasteiger partial charge in [0.2, 0.25) is 6.29 Å². The number of aromatic nitrogens is 3. The van der Waals surface area contributed by atoms with Gasteiger partial charge in [-0.15, -0.1) is 0 Å². The van der Waals surface area contributed by atoms with Crippen LogP contribution in [0, 0.1) is 0 Å². The smallest absolute Gasteiger partial charge is 0.217 e. The van der Waals surface area contributed by atoms with Gasteiger partial charge < -0.3 is 18.6 Å². The van der Waals surface area contributed by atoms with Crippen LogP contribution in [0.2, 0.25) is 0 Å². The lowest BCUT2D eigenvalue weighted by atomic mass is 10.1. The Bertz CT molecular complexity index is 1080. The van der Waals surface area contributed by atoms with Crippen LogP contribution >= 0.6 is 0 Å². The van der Waals surface area contributed by atoms with E-state index in [-0.39, 0.29) is 0 Å². The van der Waals surface area contributed by atoms with Crippen LogP contribution in [-0.4, -0.2) is 28.2 Å². The zero-order valence-corrected chi connectivity index (χ0v) is 16.2. The molecule has 0 unspecified atom stereocenters. The second-order valence-electron chi connectivity index (χ2n) is 6.20. The van der Waals surface area contributed by atoms with E-state index in [0.29, 0.717) is 30.5 Å². The molecule has 0 bridgehead atoms. The molecule has 0 saturated carbocycles. The van der Waals surface area contributed by atoms with Gasteiger partial charge in [0.05, 0.1) is 12.4 Å². The van der Waals surface area contributed by atoms with Crippen LogP contribution in [0.5, 0.6) is 11.5 Å². The number of hydrogen-bond acceptors (Lipinski definition) is 7. The number of furan rings is 1. The number of pyridine rings is 1. The van der Waals surface area contributed by atoms with Gasteiger partial charge in [-0.05, 0) is 37.6 Å². The van der Waals surface area contributed by atoms with Gasteiger partial charge in [0.15, 0.2) is 11.5 Å². The predicted octanol–water partition coefficient (Wildman–Crippen LogP) is 5.15. The van der Waals surface area contributed by atoms with Gasteiger partial charge in [0, 0.05) is 36.6 Å². The summed E-state index contributed by atoms with van der Waals surface area (Å²) in [5.74, 6) is 1.85. The summed E-state index contributed by atoms with van der Waals surface area (Å²) < 4.78 is 23.3. The Kier molecular flexibility index (Phi) is 5.79. The number of hydrogen-bond donors (Lipinski definition) is 0. The first-order valence-electron chi connectivity index (χ1n) is 9.42. The molecule has 7 nitrogen and oxygen atoms in total. The standard InChI is InChI=1S/C22H21N3O4/c1-3-26-22(27-4-2)20-9-16-10-23-13-19(21(16)29-20)15-6-5-7-17(8-15)28-18-11-24-14-25-12-18/h5-14,22H,3-4H2,1-2H3.